The lowest BCUT2D eigenvalue weighted by atomic mass is 9.99. The zero-order valence-corrected chi connectivity index (χ0v) is 21.7. The summed E-state index contributed by atoms with van der Waals surface area (Å²) in [5.74, 6) is -1.13. The molecule has 3 aromatic carbocycles. The van der Waals surface area contributed by atoms with Gasteiger partial charge >= 0.3 is 5.97 Å². The number of aliphatic hydroxyl groups is 3. The summed E-state index contributed by atoms with van der Waals surface area (Å²) in [6, 6.07) is 15.5. The lowest BCUT2D eigenvalue weighted by molar-refractivity contribution is -0.278. The van der Waals surface area contributed by atoms with Crippen LogP contribution < -0.4 is 10.2 Å². The molecular formula is C30H26O12. The van der Waals surface area contributed by atoms with E-state index in [1.807, 2.05) is 0 Å². The van der Waals surface area contributed by atoms with E-state index in [-0.39, 0.29) is 34.0 Å². The maximum atomic E-state index is 12.7. The highest BCUT2D eigenvalue weighted by atomic mass is 16.7. The number of phenolic OH excluding ortho intramolecular Hbond substituents is 3. The Morgan fingerprint density at radius 3 is 2.21 bits per heavy atom. The van der Waals surface area contributed by atoms with E-state index in [1.165, 1.54) is 54.6 Å². The topological polar surface area (TPSA) is 196 Å². The smallest absolute Gasteiger partial charge is 0.330 e. The summed E-state index contributed by atoms with van der Waals surface area (Å²) in [6.07, 6.45) is -5.43. The molecule has 0 amide bonds. The van der Waals surface area contributed by atoms with Gasteiger partial charge in [0.15, 0.2) is 5.43 Å². The fraction of sp³-hybridized carbons (Fsp3) is 0.200. The standard InChI is InChI=1S/C30H26O12/c31-17-6-1-15(2-7-17)3-10-25(35)39-14-24-27(36)28(37)29(38)30(42-24)40-19-11-20(33)26-21(34)13-22(41-23(26)12-19)16-4-8-18(32)9-5-16/h1-13,24,27-33,36-38H,14H2/b10-3+/t24-,27-,28+,29-,30+/m1/s1. The average Bonchev–Trinajstić information content (AvgIpc) is 2.96. The van der Waals surface area contributed by atoms with Gasteiger partial charge in [-0.1, -0.05) is 12.1 Å². The van der Waals surface area contributed by atoms with Crippen LogP contribution in [0.2, 0.25) is 0 Å². The quantitative estimate of drug-likeness (QED) is 0.138. The Morgan fingerprint density at radius 2 is 1.52 bits per heavy atom. The average molecular weight is 579 g/mol. The van der Waals surface area contributed by atoms with Crippen LogP contribution in [0.15, 0.2) is 82.0 Å². The van der Waals surface area contributed by atoms with Gasteiger partial charge in [0.1, 0.15) is 70.8 Å². The van der Waals surface area contributed by atoms with Gasteiger partial charge in [0.05, 0.1) is 0 Å². The van der Waals surface area contributed by atoms with Crippen molar-refractivity contribution in [3.05, 3.63) is 88.6 Å². The first-order valence-corrected chi connectivity index (χ1v) is 12.7. The van der Waals surface area contributed by atoms with Gasteiger partial charge in [0, 0.05) is 29.8 Å². The van der Waals surface area contributed by atoms with Crippen molar-refractivity contribution in [3.63, 3.8) is 0 Å². The third kappa shape index (κ3) is 6.21. The van der Waals surface area contributed by atoms with E-state index in [4.69, 9.17) is 18.6 Å². The third-order valence-corrected chi connectivity index (χ3v) is 6.55. The first-order valence-electron chi connectivity index (χ1n) is 12.7. The van der Waals surface area contributed by atoms with E-state index in [0.717, 1.165) is 12.1 Å². The van der Waals surface area contributed by atoms with Crippen LogP contribution in [0.5, 0.6) is 23.0 Å². The number of aromatic hydroxyl groups is 3. The molecule has 12 heteroatoms. The molecule has 1 aromatic heterocycles. The van der Waals surface area contributed by atoms with Crippen LogP contribution in [0.25, 0.3) is 28.4 Å². The van der Waals surface area contributed by atoms with Crippen molar-refractivity contribution in [1.29, 1.82) is 0 Å². The molecule has 0 spiro atoms. The maximum absolute atomic E-state index is 12.7. The van der Waals surface area contributed by atoms with Crippen molar-refractivity contribution < 1.29 is 54.1 Å². The van der Waals surface area contributed by atoms with Gasteiger partial charge in [0.25, 0.3) is 0 Å². The molecule has 0 radical (unpaired) electrons. The predicted octanol–water partition coefficient (Wildman–Crippen LogP) is 2.02. The summed E-state index contributed by atoms with van der Waals surface area (Å²) in [5.41, 5.74) is 0.501. The van der Waals surface area contributed by atoms with Crippen molar-refractivity contribution in [2.45, 2.75) is 30.7 Å². The van der Waals surface area contributed by atoms with Crippen LogP contribution >= 0.6 is 0 Å². The summed E-state index contributed by atoms with van der Waals surface area (Å²) < 4.78 is 22.2. The second kappa shape index (κ2) is 11.9. The Hall–Kier alpha value is -4.88. The van der Waals surface area contributed by atoms with E-state index in [1.54, 1.807) is 12.1 Å². The number of benzene rings is 3. The first-order chi connectivity index (χ1) is 20.1. The highest BCUT2D eigenvalue weighted by Gasteiger charge is 2.45. The molecule has 1 aliphatic heterocycles. The highest BCUT2D eigenvalue weighted by Crippen LogP contribution is 2.33. The van der Waals surface area contributed by atoms with E-state index in [0.29, 0.717) is 11.1 Å². The van der Waals surface area contributed by atoms with Crippen LogP contribution in [-0.2, 0) is 14.3 Å². The maximum Gasteiger partial charge on any atom is 0.330 e. The number of ether oxygens (including phenoxy) is 3. The Bertz CT molecular complexity index is 1660. The number of esters is 1. The van der Waals surface area contributed by atoms with Gasteiger partial charge in [-0.3, -0.25) is 4.79 Å². The number of phenols is 3. The van der Waals surface area contributed by atoms with E-state index >= 15 is 0 Å². The van der Waals surface area contributed by atoms with Crippen LogP contribution in [-0.4, -0.2) is 73.9 Å². The zero-order chi connectivity index (χ0) is 30.0. The lowest BCUT2D eigenvalue weighted by Crippen LogP contribution is -2.60. The molecule has 2 heterocycles. The minimum Gasteiger partial charge on any atom is -0.508 e. The summed E-state index contributed by atoms with van der Waals surface area (Å²) >= 11 is 0. The van der Waals surface area contributed by atoms with Crippen LogP contribution in [0.4, 0.5) is 0 Å². The molecule has 0 unspecified atom stereocenters. The Kier molecular flexibility index (Phi) is 8.13. The molecule has 5 rings (SSSR count). The normalized spacial score (nSPS) is 22.3. The monoisotopic (exact) mass is 578 g/mol. The molecule has 0 bridgehead atoms. The molecule has 0 saturated carbocycles. The van der Waals surface area contributed by atoms with E-state index in [9.17, 15) is 40.2 Å². The Labute approximate surface area is 237 Å². The SMILES string of the molecule is O=C(/C=C/c1ccc(O)cc1)OC[C@H]1O[C@H](Oc2cc(O)c3c(=O)cc(-c4ccc(O)cc4)oc3c2)[C@H](O)[C@@H](O)[C@@H]1O. The molecule has 6 N–H and O–H groups in total. The zero-order valence-electron chi connectivity index (χ0n) is 21.7. The van der Waals surface area contributed by atoms with Crippen molar-refractivity contribution in [2.75, 3.05) is 6.61 Å². The van der Waals surface area contributed by atoms with Crippen molar-refractivity contribution in [2.24, 2.45) is 0 Å². The number of carbonyl (C=O) groups is 1. The number of aliphatic hydroxyl groups excluding tert-OH is 3. The van der Waals surface area contributed by atoms with E-state index in [2.05, 4.69) is 0 Å². The fourth-order valence-corrected chi connectivity index (χ4v) is 4.33. The first kappa shape index (κ1) is 28.6. The number of carbonyl (C=O) groups excluding carboxylic acids is 1. The second-order valence-electron chi connectivity index (χ2n) is 9.52. The van der Waals surface area contributed by atoms with Crippen LogP contribution in [0.1, 0.15) is 5.56 Å². The third-order valence-electron chi connectivity index (χ3n) is 6.55. The number of hydrogen-bond donors (Lipinski definition) is 6. The highest BCUT2D eigenvalue weighted by molar-refractivity contribution is 5.87. The van der Waals surface area contributed by atoms with Crippen LogP contribution in [0, 0.1) is 0 Å². The Balaban J connectivity index is 1.31. The number of hydrogen-bond acceptors (Lipinski definition) is 12. The minimum atomic E-state index is -1.74. The molecule has 0 aliphatic carbocycles. The number of fused-ring (bicyclic) bond motifs is 1. The van der Waals surface area contributed by atoms with Crippen molar-refractivity contribution >= 4 is 23.0 Å². The van der Waals surface area contributed by atoms with Gasteiger partial charge in [-0.15, -0.1) is 0 Å². The van der Waals surface area contributed by atoms with Gasteiger partial charge in [-0.25, -0.2) is 4.79 Å². The van der Waals surface area contributed by atoms with Crippen LogP contribution in [0.3, 0.4) is 0 Å². The molecular weight excluding hydrogens is 552 g/mol. The van der Waals surface area contributed by atoms with Gasteiger partial charge in [0.2, 0.25) is 6.29 Å². The molecule has 12 nitrogen and oxygen atoms in total. The van der Waals surface area contributed by atoms with Gasteiger partial charge in [-0.05, 0) is 48.0 Å². The van der Waals surface area contributed by atoms with E-state index < -0.39 is 54.5 Å². The summed E-state index contributed by atoms with van der Waals surface area (Å²) in [6.45, 7) is -0.503. The fourth-order valence-electron chi connectivity index (χ4n) is 4.33. The minimum absolute atomic E-state index is 0.0205. The number of rotatable bonds is 7. The molecule has 1 aliphatic rings. The predicted molar refractivity (Wildman–Crippen MR) is 147 cm³/mol. The Morgan fingerprint density at radius 1 is 0.857 bits per heavy atom. The van der Waals surface area contributed by atoms with Gasteiger partial charge < -0.3 is 49.3 Å². The molecule has 218 valence electrons. The molecule has 4 aromatic rings. The lowest BCUT2D eigenvalue weighted by Gasteiger charge is -2.39. The molecule has 42 heavy (non-hydrogen) atoms. The molecule has 1 saturated heterocycles. The summed E-state index contributed by atoms with van der Waals surface area (Å²) in [4.78, 5) is 24.9. The van der Waals surface area contributed by atoms with Gasteiger partial charge in [-0.2, -0.15) is 0 Å². The van der Waals surface area contributed by atoms with Crippen molar-refractivity contribution in [1.82, 2.24) is 0 Å². The second-order valence-corrected chi connectivity index (χ2v) is 9.52. The summed E-state index contributed by atoms with van der Waals surface area (Å²) in [7, 11) is 0. The summed E-state index contributed by atoms with van der Waals surface area (Å²) in [5, 5.41) is 60.5. The largest absolute Gasteiger partial charge is 0.508 e. The molecule has 1 fully saturated rings. The molecule has 5 atom stereocenters. The van der Waals surface area contributed by atoms with Crippen molar-refractivity contribution in [3.8, 4) is 34.3 Å².